The summed E-state index contributed by atoms with van der Waals surface area (Å²) in [7, 11) is 0. The van der Waals surface area contributed by atoms with Gasteiger partial charge >= 0.3 is 6.03 Å². The number of urea groups is 1. The summed E-state index contributed by atoms with van der Waals surface area (Å²) >= 11 is 6.86. The summed E-state index contributed by atoms with van der Waals surface area (Å²) in [5.74, 6) is 0. The van der Waals surface area contributed by atoms with Crippen LogP contribution in [-0.2, 0) is 13.1 Å². The van der Waals surface area contributed by atoms with Gasteiger partial charge in [-0.15, -0.1) is 22.7 Å². The number of aromatic nitrogens is 1. The minimum Gasteiger partial charge on any atom is -0.331 e. The van der Waals surface area contributed by atoms with Crippen molar-refractivity contribution < 1.29 is 4.79 Å². The summed E-state index contributed by atoms with van der Waals surface area (Å²) in [5.41, 5.74) is 1.01. The molecule has 1 aliphatic rings. The predicted octanol–water partition coefficient (Wildman–Crippen LogP) is 3.30. The highest BCUT2D eigenvalue weighted by atomic mass is 79.9. The second-order valence-corrected chi connectivity index (χ2v) is 9.00. The Bertz CT molecular complexity index is 664. The number of carbonyl (C=O) groups is 1. The fraction of sp³-hybridized carbons (Fsp3) is 0.467. The van der Waals surface area contributed by atoms with Gasteiger partial charge in [0.1, 0.15) is 5.01 Å². The minimum absolute atomic E-state index is 0.0105. The molecule has 8 heteroatoms. The van der Waals surface area contributed by atoms with Crippen molar-refractivity contribution in [3.05, 3.63) is 36.9 Å². The number of nitrogens with zero attached hydrogens (tertiary/aromatic N) is 3. The molecule has 5 nitrogen and oxygen atoms in total. The number of halogens is 1. The van der Waals surface area contributed by atoms with Gasteiger partial charge in [-0.1, -0.05) is 0 Å². The predicted molar refractivity (Wildman–Crippen MR) is 98.0 cm³/mol. The van der Waals surface area contributed by atoms with E-state index in [-0.39, 0.29) is 6.03 Å². The maximum absolute atomic E-state index is 12.2. The summed E-state index contributed by atoms with van der Waals surface area (Å²) in [6, 6.07) is 4.25. The third-order valence-electron chi connectivity index (χ3n) is 3.73. The van der Waals surface area contributed by atoms with Crippen LogP contribution in [0.1, 0.15) is 15.6 Å². The van der Waals surface area contributed by atoms with Crippen LogP contribution in [0.3, 0.4) is 0 Å². The normalized spacial score (nSPS) is 15.8. The molecule has 23 heavy (non-hydrogen) atoms. The lowest BCUT2D eigenvalue weighted by molar-refractivity contribution is 0.135. The molecule has 0 radical (unpaired) electrons. The van der Waals surface area contributed by atoms with Crippen LogP contribution in [0.25, 0.3) is 0 Å². The molecule has 124 valence electrons. The van der Waals surface area contributed by atoms with Gasteiger partial charge in [0.05, 0.1) is 10.3 Å². The van der Waals surface area contributed by atoms with Gasteiger partial charge in [0.25, 0.3) is 0 Å². The molecule has 1 aliphatic heterocycles. The van der Waals surface area contributed by atoms with E-state index in [1.165, 1.54) is 8.66 Å². The van der Waals surface area contributed by atoms with Crippen molar-refractivity contribution in [3.63, 3.8) is 0 Å². The zero-order valence-corrected chi connectivity index (χ0v) is 16.1. The number of piperazine rings is 1. The van der Waals surface area contributed by atoms with E-state index in [1.54, 1.807) is 22.7 Å². The Hall–Kier alpha value is -0.960. The summed E-state index contributed by atoms with van der Waals surface area (Å²) in [4.78, 5) is 22.2. The third kappa shape index (κ3) is 4.76. The molecule has 2 aromatic rings. The zero-order chi connectivity index (χ0) is 16.2. The number of carbonyl (C=O) groups excluding carboxylic acids is 1. The van der Waals surface area contributed by atoms with E-state index in [4.69, 9.17) is 0 Å². The average molecular weight is 415 g/mol. The van der Waals surface area contributed by atoms with Crippen LogP contribution in [0.5, 0.6) is 0 Å². The lowest BCUT2D eigenvalue weighted by Crippen LogP contribution is -2.51. The van der Waals surface area contributed by atoms with E-state index in [0.29, 0.717) is 6.54 Å². The van der Waals surface area contributed by atoms with Gasteiger partial charge < -0.3 is 10.2 Å². The number of amides is 2. The van der Waals surface area contributed by atoms with Gasteiger partial charge in [-0.3, -0.25) is 4.90 Å². The Balaban J connectivity index is 1.42. The highest BCUT2D eigenvalue weighted by Crippen LogP contribution is 2.23. The van der Waals surface area contributed by atoms with Gasteiger partial charge in [0.15, 0.2) is 0 Å². The molecule has 3 heterocycles. The van der Waals surface area contributed by atoms with E-state index < -0.39 is 0 Å². The molecule has 0 aromatic carbocycles. The first kappa shape index (κ1) is 16.9. The van der Waals surface area contributed by atoms with Crippen LogP contribution in [0.2, 0.25) is 0 Å². The van der Waals surface area contributed by atoms with Crippen LogP contribution in [0, 0.1) is 6.92 Å². The van der Waals surface area contributed by atoms with Crippen LogP contribution < -0.4 is 5.32 Å². The summed E-state index contributed by atoms with van der Waals surface area (Å²) < 4.78 is 1.17. The fourth-order valence-electron chi connectivity index (χ4n) is 2.51. The van der Waals surface area contributed by atoms with Crippen molar-refractivity contribution in [2.45, 2.75) is 20.0 Å². The summed E-state index contributed by atoms with van der Waals surface area (Å²) in [5, 5.41) is 5.92. The van der Waals surface area contributed by atoms with Crippen molar-refractivity contribution in [2.75, 3.05) is 26.2 Å². The van der Waals surface area contributed by atoms with E-state index in [9.17, 15) is 4.79 Å². The summed E-state index contributed by atoms with van der Waals surface area (Å²) in [6.45, 7) is 6.82. The third-order valence-corrected chi connectivity index (χ3v) is 6.30. The lowest BCUT2D eigenvalue weighted by Gasteiger charge is -2.34. The lowest BCUT2D eigenvalue weighted by atomic mass is 10.3. The Morgan fingerprint density at radius 3 is 2.74 bits per heavy atom. The van der Waals surface area contributed by atoms with Crippen molar-refractivity contribution in [3.8, 4) is 0 Å². The Kier molecular flexibility index (Phi) is 5.68. The molecule has 2 aromatic heterocycles. The summed E-state index contributed by atoms with van der Waals surface area (Å²) in [6.07, 6.45) is 0. The molecule has 0 atom stereocenters. The Morgan fingerprint density at radius 2 is 2.13 bits per heavy atom. The highest BCUT2D eigenvalue weighted by Gasteiger charge is 2.21. The first-order valence-corrected chi connectivity index (χ1v) is 9.99. The molecule has 0 saturated carbocycles. The smallest absolute Gasteiger partial charge is 0.317 e. The van der Waals surface area contributed by atoms with Crippen molar-refractivity contribution in [1.82, 2.24) is 20.1 Å². The fourth-order valence-corrected chi connectivity index (χ4v) is 4.75. The monoisotopic (exact) mass is 414 g/mol. The Labute approximate surface area is 152 Å². The first-order chi connectivity index (χ1) is 11.1. The largest absolute Gasteiger partial charge is 0.331 e. The number of nitrogens with one attached hydrogen (secondary N) is 1. The number of hydrogen-bond acceptors (Lipinski definition) is 5. The Morgan fingerprint density at radius 1 is 1.35 bits per heavy atom. The topological polar surface area (TPSA) is 48.5 Å². The molecular formula is C15H19BrN4OS2. The zero-order valence-electron chi connectivity index (χ0n) is 12.9. The molecule has 0 aliphatic carbocycles. The minimum atomic E-state index is 0.0105. The molecule has 1 fully saturated rings. The van der Waals surface area contributed by atoms with Gasteiger partial charge in [-0.05, 0) is 35.0 Å². The molecule has 0 spiro atoms. The van der Waals surface area contributed by atoms with Gasteiger partial charge in [0.2, 0.25) is 0 Å². The van der Waals surface area contributed by atoms with Crippen LogP contribution in [0.4, 0.5) is 4.79 Å². The van der Waals surface area contributed by atoms with Gasteiger partial charge in [-0.25, -0.2) is 9.78 Å². The van der Waals surface area contributed by atoms with Crippen molar-refractivity contribution in [1.29, 1.82) is 0 Å². The average Bonchev–Trinajstić information content (AvgIpc) is 3.14. The van der Waals surface area contributed by atoms with Gasteiger partial charge in [0, 0.05) is 48.7 Å². The maximum Gasteiger partial charge on any atom is 0.317 e. The van der Waals surface area contributed by atoms with Crippen LogP contribution >= 0.6 is 38.6 Å². The van der Waals surface area contributed by atoms with Crippen LogP contribution in [-0.4, -0.2) is 47.0 Å². The van der Waals surface area contributed by atoms with E-state index in [1.807, 2.05) is 17.2 Å². The van der Waals surface area contributed by atoms with Crippen LogP contribution in [0.15, 0.2) is 21.3 Å². The van der Waals surface area contributed by atoms with E-state index >= 15 is 0 Å². The number of thiophene rings is 1. The van der Waals surface area contributed by atoms with E-state index in [0.717, 1.165) is 43.4 Å². The van der Waals surface area contributed by atoms with Crippen molar-refractivity contribution in [2.24, 2.45) is 0 Å². The quantitative estimate of drug-likeness (QED) is 0.834. The highest BCUT2D eigenvalue weighted by molar-refractivity contribution is 9.11. The molecule has 0 bridgehead atoms. The van der Waals surface area contributed by atoms with E-state index in [2.05, 4.69) is 43.3 Å². The van der Waals surface area contributed by atoms with Crippen molar-refractivity contribution >= 4 is 44.6 Å². The second-order valence-electron chi connectivity index (χ2n) is 5.51. The molecule has 2 amide bonds. The molecule has 1 N–H and O–H groups in total. The van der Waals surface area contributed by atoms with Gasteiger partial charge in [-0.2, -0.15) is 0 Å². The number of hydrogen-bond donors (Lipinski definition) is 1. The number of rotatable bonds is 4. The number of thiazole rings is 1. The standard InChI is InChI=1S/C15H19BrN4OS2/c1-11-10-22-14(18-11)8-17-15(21)20-6-4-19(5-7-20)9-12-2-3-13(16)23-12/h2-3,10H,4-9H2,1H3,(H,17,21). The second kappa shape index (κ2) is 7.74. The maximum atomic E-state index is 12.2. The molecule has 1 saturated heterocycles. The number of aryl methyl sites for hydroxylation is 1. The molecular weight excluding hydrogens is 396 g/mol. The molecule has 3 rings (SSSR count). The first-order valence-electron chi connectivity index (χ1n) is 7.50. The SMILES string of the molecule is Cc1csc(CNC(=O)N2CCN(Cc3ccc(Br)s3)CC2)n1. The molecule has 0 unspecified atom stereocenters.